The van der Waals surface area contributed by atoms with E-state index in [4.69, 9.17) is 0 Å². The van der Waals surface area contributed by atoms with Gasteiger partial charge in [0.05, 0.1) is 5.51 Å². The third-order valence-corrected chi connectivity index (χ3v) is 13.1. The minimum absolute atomic E-state index is 1.29. The van der Waals surface area contributed by atoms with Crippen LogP contribution in [-0.2, 0) is 12.8 Å². The number of hydrogen-bond donors (Lipinski definition) is 0. The van der Waals surface area contributed by atoms with Crippen molar-refractivity contribution in [3.05, 3.63) is 61.9 Å². The highest BCUT2D eigenvalue weighted by Crippen LogP contribution is 2.17. The molecule has 318 valence electrons. The van der Waals surface area contributed by atoms with Gasteiger partial charge >= 0.3 is 0 Å². The molecule has 0 saturated carbocycles. The molecule has 0 atom stereocenters. The molecular formula is C51H91NS3. The van der Waals surface area contributed by atoms with Crippen LogP contribution >= 0.6 is 34.0 Å². The van der Waals surface area contributed by atoms with Crippen molar-refractivity contribution in [3.8, 4) is 0 Å². The molecular weight excluding hydrogens is 723 g/mol. The Hall–Kier alpha value is -0.970. The van der Waals surface area contributed by atoms with Gasteiger partial charge in [0.15, 0.2) is 0 Å². The van der Waals surface area contributed by atoms with Crippen molar-refractivity contribution in [2.45, 2.75) is 258 Å². The maximum atomic E-state index is 3.74. The van der Waals surface area contributed by atoms with Crippen LogP contribution in [0.15, 0.2) is 50.7 Å². The van der Waals surface area contributed by atoms with Crippen LogP contribution in [0.25, 0.3) is 0 Å². The van der Waals surface area contributed by atoms with E-state index in [-0.39, 0.29) is 0 Å². The van der Waals surface area contributed by atoms with Crippen molar-refractivity contribution in [1.82, 2.24) is 4.98 Å². The average Bonchev–Trinajstić information content (AvgIpc) is 4.04. The van der Waals surface area contributed by atoms with Crippen LogP contribution in [-0.4, -0.2) is 4.98 Å². The average molecular weight is 814 g/mol. The number of aryl methyl sites for hydroxylation is 2. The van der Waals surface area contributed by atoms with E-state index >= 15 is 0 Å². The standard InChI is InChI=1S/2C24H44S.C3H3NS/c2*1-2-3-4-5-6-7-8-9-10-11-12-13-14-15-16-17-18-19-20-24-21-22-25-23-24;1-2-5-3-4-1/h2*21-23H,2-20H2,1H3;1-3H. The normalized spacial score (nSPS) is 10.9. The summed E-state index contributed by atoms with van der Waals surface area (Å²) in [5.41, 5.74) is 4.88. The van der Waals surface area contributed by atoms with Crippen molar-refractivity contribution in [2.75, 3.05) is 0 Å². The summed E-state index contributed by atoms with van der Waals surface area (Å²) in [6.45, 7) is 4.60. The summed E-state index contributed by atoms with van der Waals surface area (Å²) in [4.78, 5) is 3.74. The second kappa shape index (κ2) is 45.7. The Bertz CT molecular complexity index is 925. The van der Waals surface area contributed by atoms with Crippen LogP contribution in [0.4, 0.5) is 0 Å². The lowest BCUT2D eigenvalue weighted by molar-refractivity contribution is 0.525. The number of hydrogen-bond acceptors (Lipinski definition) is 4. The molecule has 0 aliphatic heterocycles. The van der Waals surface area contributed by atoms with E-state index < -0.39 is 0 Å². The minimum Gasteiger partial charge on any atom is -0.253 e. The van der Waals surface area contributed by atoms with Gasteiger partial charge in [-0.05, 0) is 70.5 Å². The van der Waals surface area contributed by atoms with Crippen molar-refractivity contribution in [3.63, 3.8) is 0 Å². The monoisotopic (exact) mass is 814 g/mol. The molecule has 0 radical (unpaired) electrons. The molecule has 0 spiro atoms. The van der Waals surface area contributed by atoms with Gasteiger partial charge in [-0.15, -0.1) is 11.3 Å². The van der Waals surface area contributed by atoms with E-state index in [9.17, 15) is 0 Å². The third kappa shape index (κ3) is 41.0. The summed E-state index contributed by atoms with van der Waals surface area (Å²) < 4.78 is 0. The van der Waals surface area contributed by atoms with Gasteiger partial charge in [0.2, 0.25) is 0 Å². The smallest absolute Gasteiger partial charge is 0.0791 e. The molecule has 0 unspecified atom stereocenters. The van der Waals surface area contributed by atoms with E-state index in [1.165, 1.54) is 244 Å². The lowest BCUT2D eigenvalue weighted by Gasteiger charge is -2.04. The summed E-state index contributed by atoms with van der Waals surface area (Å²) in [6.07, 6.45) is 56.9. The molecule has 0 aliphatic carbocycles. The number of thiazole rings is 1. The molecule has 3 heterocycles. The molecule has 0 saturated heterocycles. The molecule has 55 heavy (non-hydrogen) atoms. The molecule has 0 N–H and O–H groups in total. The van der Waals surface area contributed by atoms with Gasteiger partial charge in [0.25, 0.3) is 0 Å². The highest BCUT2D eigenvalue weighted by molar-refractivity contribution is 7.08. The molecule has 1 nitrogen and oxygen atoms in total. The second-order valence-corrected chi connectivity index (χ2v) is 18.8. The first kappa shape index (κ1) is 52.0. The molecule has 3 rings (SSSR count). The van der Waals surface area contributed by atoms with E-state index in [2.05, 4.69) is 52.5 Å². The zero-order valence-corrected chi connectivity index (χ0v) is 39.2. The Morgan fingerprint density at radius 1 is 0.327 bits per heavy atom. The first-order chi connectivity index (χ1) is 27.4. The number of unbranched alkanes of at least 4 members (excludes halogenated alkanes) is 34. The van der Waals surface area contributed by atoms with E-state index in [0.29, 0.717) is 0 Å². The number of aromatic nitrogens is 1. The van der Waals surface area contributed by atoms with Gasteiger partial charge in [-0.2, -0.15) is 22.7 Å². The Balaban J connectivity index is 0.000000486. The van der Waals surface area contributed by atoms with Crippen molar-refractivity contribution in [1.29, 1.82) is 0 Å². The summed E-state index contributed by atoms with van der Waals surface area (Å²) in [7, 11) is 0. The summed E-state index contributed by atoms with van der Waals surface area (Å²) in [5, 5.41) is 10.9. The van der Waals surface area contributed by atoms with Crippen molar-refractivity contribution in [2.24, 2.45) is 0 Å². The molecule has 0 amide bonds. The van der Waals surface area contributed by atoms with Gasteiger partial charge in [-0.25, -0.2) is 0 Å². The fourth-order valence-electron chi connectivity index (χ4n) is 7.51. The maximum absolute atomic E-state index is 3.74. The van der Waals surface area contributed by atoms with E-state index in [1.54, 1.807) is 34.2 Å². The molecule has 0 fully saturated rings. The molecule has 0 aromatic carbocycles. The molecule has 4 heteroatoms. The van der Waals surface area contributed by atoms with Crippen LogP contribution in [0.5, 0.6) is 0 Å². The van der Waals surface area contributed by atoms with Crippen LogP contribution in [0.1, 0.15) is 256 Å². The second-order valence-electron chi connectivity index (χ2n) is 16.5. The maximum Gasteiger partial charge on any atom is 0.0791 e. The predicted octanol–water partition coefficient (Wildman–Crippen LogP) is 19.8. The van der Waals surface area contributed by atoms with Crippen molar-refractivity contribution < 1.29 is 0 Å². The summed E-state index contributed by atoms with van der Waals surface area (Å²) in [5.74, 6) is 0. The quantitative estimate of drug-likeness (QED) is 0.0525. The largest absolute Gasteiger partial charge is 0.253 e. The van der Waals surface area contributed by atoms with Gasteiger partial charge in [0, 0.05) is 11.6 Å². The van der Waals surface area contributed by atoms with E-state index in [0.717, 1.165) is 0 Å². The highest BCUT2D eigenvalue weighted by atomic mass is 32.1. The summed E-state index contributed by atoms with van der Waals surface area (Å²) >= 11 is 5.26. The van der Waals surface area contributed by atoms with Crippen LogP contribution in [0.3, 0.4) is 0 Å². The Morgan fingerprint density at radius 2 is 0.600 bits per heavy atom. The number of nitrogens with zero attached hydrogens (tertiary/aromatic N) is 1. The van der Waals surface area contributed by atoms with Gasteiger partial charge in [-0.1, -0.05) is 232 Å². The lowest BCUT2D eigenvalue weighted by atomic mass is 10.0. The van der Waals surface area contributed by atoms with Crippen LogP contribution in [0.2, 0.25) is 0 Å². The minimum atomic E-state index is 1.29. The molecule has 0 aliphatic rings. The first-order valence-electron chi connectivity index (χ1n) is 24.2. The van der Waals surface area contributed by atoms with Crippen LogP contribution in [0, 0.1) is 0 Å². The topological polar surface area (TPSA) is 12.9 Å². The molecule has 0 bridgehead atoms. The Kier molecular flexibility index (Phi) is 43.3. The summed E-state index contributed by atoms with van der Waals surface area (Å²) in [6, 6.07) is 4.55. The molecule has 3 aromatic rings. The molecule has 3 aromatic heterocycles. The van der Waals surface area contributed by atoms with Gasteiger partial charge in [0.1, 0.15) is 0 Å². The zero-order chi connectivity index (χ0) is 39.2. The SMILES string of the molecule is CCCCCCCCCCCCCCCCCCCCc1ccsc1.CCCCCCCCCCCCCCCCCCCCc1ccsc1.c1cscn1. The fraction of sp³-hybridized carbons (Fsp3) is 0.784. The lowest BCUT2D eigenvalue weighted by Crippen LogP contribution is -1.85. The fourth-order valence-corrected chi connectivity index (χ4v) is 9.26. The van der Waals surface area contributed by atoms with Crippen molar-refractivity contribution >= 4 is 34.0 Å². The van der Waals surface area contributed by atoms with Gasteiger partial charge < -0.3 is 0 Å². The Morgan fingerprint density at radius 3 is 0.782 bits per heavy atom. The van der Waals surface area contributed by atoms with E-state index in [1.807, 2.05) is 28.1 Å². The number of thiophene rings is 2. The first-order valence-corrected chi connectivity index (χ1v) is 27.0. The highest BCUT2D eigenvalue weighted by Gasteiger charge is 1.98. The number of rotatable bonds is 38. The van der Waals surface area contributed by atoms with Gasteiger partial charge in [-0.3, -0.25) is 4.98 Å². The zero-order valence-electron chi connectivity index (χ0n) is 36.7. The Labute approximate surface area is 356 Å². The predicted molar refractivity (Wildman–Crippen MR) is 256 cm³/mol. The van der Waals surface area contributed by atoms with Crippen LogP contribution < -0.4 is 0 Å². The third-order valence-electron chi connectivity index (χ3n) is 11.1.